The van der Waals surface area contributed by atoms with Crippen LogP contribution in [0.15, 0.2) is 18.2 Å². The van der Waals surface area contributed by atoms with Crippen LogP contribution in [-0.2, 0) is 10.0 Å². The zero-order valence-electron chi connectivity index (χ0n) is 8.86. The molecule has 0 aliphatic rings. The molecule has 0 aromatic heterocycles. The molecule has 1 unspecified atom stereocenters. The van der Waals surface area contributed by atoms with Gasteiger partial charge in [0.15, 0.2) is 5.25 Å². The number of benzene rings is 1. The number of hydrogen-bond donors (Lipinski definition) is 1. The Labute approximate surface area is 93.8 Å². The van der Waals surface area contributed by atoms with Gasteiger partial charge in [0, 0.05) is 0 Å². The minimum absolute atomic E-state index is 0.116. The summed E-state index contributed by atoms with van der Waals surface area (Å²) in [5, 5.41) is 7.32. The average Bonchev–Trinajstić information content (AvgIpc) is 2.22. The zero-order chi connectivity index (χ0) is 12.3. The number of nitrogens with one attached hydrogen (secondary N) is 1. The molecule has 6 heteroatoms. The molecule has 1 aromatic rings. The van der Waals surface area contributed by atoms with Crippen molar-refractivity contribution in [1.82, 2.24) is 0 Å². The van der Waals surface area contributed by atoms with Gasteiger partial charge in [-0.25, -0.2) is 12.8 Å². The number of aryl methyl sites for hydroxylation is 1. The highest BCUT2D eigenvalue weighted by molar-refractivity contribution is 7.93. The molecule has 0 radical (unpaired) electrons. The second-order valence-electron chi connectivity index (χ2n) is 3.38. The predicted octanol–water partition coefficient (Wildman–Crippen LogP) is 1.79. The third-order valence-corrected chi connectivity index (χ3v) is 3.64. The summed E-state index contributed by atoms with van der Waals surface area (Å²) < 4.78 is 38.2. The Morgan fingerprint density at radius 2 is 2.12 bits per heavy atom. The molecule has 0 saturated carbocycles. The van der Waals surface area contributed by atoms with Gasteiger partial charge in [-0.3, -0.25) is 4.72 Å². The fraction of sp³-hybridized carbons (Fsp3) is 0.300. The molecule has 1 rings (SSSR count). The Kier molecular flexibility index (Phi) is 3.50. The van der Waals surface area contributed by atoms with Crippen LogP contribution in [0.25, 0.3) is 0 Å². The second kappa shape index (κ2) is 4.49. The molecule has 1 atom stereocenters. The summed E-state index contributed by atoms with van der Waals surface area (Å²) in [6, 6.07) is 5.59. The molecule has 0 saturated heterocycles. The average molecular weight is 242 g/mol. The van der Waals surface area contributed by atoms with Gasteiger partial charge in [-0.15, -0.1) is 0 Å². The number of halogens is 1. The molecule has 0 aliphatic carbocycles. The van der Waals surface area contributed by atoms with Crippen molar-refractivity contribution in [3.8, 4) is 6.07 Å². The maximum absolute atomic E-state index is 13.1. The number of rotatable bonds is 3. The van der Waals surface area contributed by atoms with Gasteiger partial charge < -0.3 is 0 Å². The van der Waals surface area contributed by atoms with E-state index in [1.165, 1.54) is 19.1 Å². The molecule has 0 bridgehead atoms. The van der Waals surface area contributed by atoms with Gasteiger partial charge in [-0.1, -0.05) is 6.07 Å². The van der Waals surface area contributed by atoms with Crippen LogP contribution in [-0.4, -0.2) is 13.7 Å². The first kappa shape index (κ1) is 12.5. The van der Waals surface area contributed by atoms with Gasteiger partial charge in [0.2, 0.25) is 10.0 Å². The molecular formula is C10H11FN2O2S. The van der Waals surface area contributed by atoms with E-state index in [1.54, 1.807) is 13.0 Å². The Morgan fingerprint density at radius 3 is 2.62 bits per heavy atom. The van der Waals surface area contributed by atoms with Crippen molar-refractivity contribution in [2.24, 2.45) is 0 Å². The van der Waals surface area contributed by atoms with E-state index in [-0.39, 0.29) is 5.69 Å². The van der Waals surface area contributed by atoms with E-state index in [4.69, 9.17) is 5.26 Å². The van der Waals surface area contributed by atoms with Crippen LogP contribution in [0.3, 0.4) is 0 Å². The lowest BCUT2D eigenvalue weighted by molar-refractivity contribution is 0.597. The van der Waals surface area contributed by atoms with Crippen molar-refractivity contribution < 1.29 is 12.8 Å². The summed E-state index contributed by atoms with van der Waals surface area (Å²) in [4.78, 5) is 0. The van der Waals surface area contributed by atoms with Crippen molar-refractivity contribution in [2.45, 2.75) is 19.1 Å². The van der Waals surface area contributed by atoms with E-state index in [2.05, 4.69) is 4.72 Å². The van der Waals surface area contributed by atoms with Crippen molar-refractivity contribution in [1.29, 1.82) is 5.26 Å². The third-order valence-electron chi connectivity index (χ3n) is 2.08. The van der Waals surface area contributed by atoms with Crippen LogP contribution in [0.2, 0.25) is 0 Å². The van der Waals surface area contributed by atoms with E-state index in [1.807, 2.05) is 0 Å². The normalized spacial score (nSPS) is 12.9. The van der Waals surface area contributed by atoms with Crippen LogP contribution in [0.5, 0.6) is 0 Å². The summed E-state index contributed by atoms with van der Waals surface area (Å²) in [6.45, 7) is 2.83. The van der Waals surface area contributed by atoms with Gasteiger partial charge in [0.1, 0.15) is 5.82 Å². The van der Waals surface area contributed by atoms with Gasteiger partial charge >= 0.3 is 0 Å². The van der Waals surface area contributed by atoms with Crippen molar-refractivity contribution >= 4 is 15.7 Å². The third kappa shape index (κ3) is 2.70. The Balaban J connectivity index is 2.98. The quantitative estimate of drug-likeness (QED) is 0.878. The summed E-state index contributed by atoms with van der Waals surface area (Å²) in [6.07, 6.45) is 0. The van der Waals surface area contributed by atoms with E-state index < -0.39 is 21.1 Å². The molecule has 86 valence electrons. The molecule has 4 nitrogen and oxygen atoms in total. The number of nitrogens with zero attached hydrogens (tertiary/aromatic N) is 1. The maximum Gasteiger partial charge on any atom is 0.248 e. The number of hydrogen-bond acceptors (Lipinski definition) is 3. The molecule has 16 heavy (non-hydrogen) atoms. The first-order valence-corrected chi connectivity index (χ1v) is 6.09. The molecule has 0 aliphatic heterocycles. The molecule has 1 aromatic carbocycles. The highest BCUT2D eigenvalue weighted by atomic mass is 32.2. The topological polar surface area (TPSA) is 70.0 Å². The molecule has 0 heterocycles. The smallest absolute Gasteiger partial charge is 0.248 e. The minimum atomic E-state index is -3.77. The number of anilines is 1. The first-order valence-electron chi connectivity index (χ1n) is 4.54. The summed E-state index contributed by atoms with van der Waals surface area (Å²) >= 11 is 0. The highest BCUT2D eigenvalue weighted by Crippen LogP contribution is 2.16. The summed E-state index contributed by atoms with van der Waals surface area (Å²) in [5.41, 5.74) is 0.543. The van der Waals surface area contributed by atoms with E-state index in [9.17, 15) is 12.8 Å². The zero-order valence-corrected chi connectivity index (χ0v) is 9.68. The summed E-state index contributed by atoms with van der Waals surface area (Å²) in [5.74, 6) is -0.496. The van der Waals surface area contributed by atoms with E-state index in [0.29, 0.717) is 5.56 Å². The SMILES string of the molecule is Cc1ccc(NS(=O)(=O)C(C)C#N)cc1F. The van der Waals surface area contributed by atoms with Gasteiger partial charge in [-0.05, 0) is 31.5 Å². The summed E-state index contributed by atoms with van der Waals surface area (Å²) in [7, 11) is -3.77. The van der Waals surface area contributed by atoms with E-state index >= 15 is 0 Å². The number of nitriles is 1. The molecule has 1 N–H and O–H groups in total. The van der Waals surface area contributed by atoms with Crippen molar-refractivity contribution in [3.05, 3.63) is 29.6 Å². The molecular weight excluding hydrogens is 231 g/mol. The molecule has 0 spiro atoms. The molecule has 0 amide bonds. The van der Waals surface area contributed by atoms with Gasteiger partial charge in [0.05, 0.1) is 11.8 Å². The monoisotopic (exact) mass is 242 g/mol. The highest BCUT2D eigenvalue weighted by Gasteiger charge is 2.20. The lowest BCUT2D eigenvalue weighted by Crippen LogP contribution is -2.23. The maximum atomic E-state index is 13.1. The van der Waals surface area contributed by atoms with Gasteiger partial charge in [0.25, 0.3) is 0 Å². The van der Waals surface area contributed by atoms with Crippen LogP contribution in [0, 0.1) is 24.1 Å². The fourth-order valence-electron chi connectivity index (χ4n) is 0.978. The second-order valence-corrected chi connectivity index (χ2v) is 5.38. The van der Waals surface area contributed by atoms with Crippen LogP contribution in [0.4, 0.5) is 10.1 Å². The van der Waals surface area contributed by atoms with Crippen LogP contribution >= 0.6 is 0 Å². The van der Waals surface area contributed by atoms with Crippen LogP contribution < -0.4 is 4.72 Å². The lowest BCUT2D eigenvalue weighted by atomic mass is 10.2. The standard InChI is InChI=1S/C10H11FN2O2S/c1-7-3-4-9(5-10(7)11)13-16(14,15)8(2)6-12/h3-5,8,13H,1-2H3. The fourth-order valence-corrected chi connectivity index (χ4v) is 1.75. The molecule has 0 fully saturated rings. The Hall–Kier alpha value is -1.61. The minimum Gasteiger partial charge on any atom is -0.282 e. The van der Waals surface area contributed by atoms with Crippen LogP contribution in [0.1, 0.15) is 12.5 Å². The predicted molar refractivity (Wildman–Crippen MR) is 58.8 cm³/mol. The Bertz CT molecular complexity index is 534. The Morgan fingerprint density at radius 1 is 1.50 bits per heavy atom. The largest absolute Gasteiger partial charge is 0.282 e. The van der Waals surface area contributed by atoms with E-state index in [0.717, 1.165) is 6.07 Å². The first-order chi connectivity index (χ1) is 7.36. The van der Waals surface area contributed by atoms with Gasteiger partial charge in [-0.2, -0.15) is 5.26 Å². The lowest BCUT2D eigenvalue weighted by Gasteiger charge is -2.09. The van der Waals surface area contributed by atoms with Crippen molar-refractivity contribution in [3.63, 3.8) is 0 Å². The van der Waals surface area contributed by atoms with Crippen molar-refractivity contribution in [2.75, 3.05) is 4.72 Å². The number of sulfonamides is 1.